The van der Waals surface area contributed by atoms with Crippen molar-refractivity contribution in [2.45, 2.75) is 45.1 Å². The number of amides is 1. The van der Waals surface area contributed by atoms with Gasteiger partial charge in [0.2, 0.25) is 5.91 Å². The monoisotopic (exact) mass is 314 g/mol. The largest absolute Gasteiger partial charge is 0.350 e. The van der Waals surface area contributed by atoms with Gasteiger partial charge in [-0.05, 0) is 18.4 Å². The highest BCUT2D eigenvalue weighted by Gasteiger charge is 2.20. The van der Waals surface area contributed by atoms with Gasteiger partial charge in [-0.2, -0.15) is 0 Å². The molecular weight excluding hydrogens is 292 g/mol. The van der Waals surface area contributed by atoms with E-state index in [1.165, 1.54) is 24.8 Å². The van der Waals surface area contributed by atoms with Gasteiger partial charge in [0.15, 0.2) is 0 Å². The average molecular weight is 314 g/mol. The summed E-state index contributed by atoms with van der Waals surface area (Å²) in [6, 6.07) is 10.4. The molecule has 2 aromatic rings. The number of thiazole rings is 1. The van der Waals surface area contributed by atoms with Gasteiger partial charge in [0.1, 0.15) is 0 Å². The van der Waals surface area contributed by atoms with Crippen LogP contribution in [0.15, 0.2) is 35.7 Å². The fraction of sp³-hybridized carbons (Fsp3) is 0.444. The van der Waals surface area contributed by atoms with Crippen LogP contribution in [0.1, 0.15) is 48.4 Å². The maximum Gasteiger partial charge on any atom is 0.223 e. The van der Waals surface area contributed by atoms with Gasteiger partial charge >= 0.3 is 0 Å². The van der Waals surface area contributed by atoms with Crippen LogP contribution in [-0.4, -0.2) is 10.9 Å². The molecular formula is C18H22N2OS. The molecule has 22 heavy (non-hydrogen) atoms. The third-order valence-electron chi connectivity index (χ3n) is 4.22. The second-order valence-corrected chi connectivity index (χ2v) is 6.89. The first-order valence-electron chi connectivity index (χ1n) is 8.06. The first kappa shape index (κ1) is 15.2. The van der Waals surface area contributed by atoms with Crippen LogP contribution in [0.25, 0.3) is 0 Å². The molecule has 1 saturated carbocycles. The minimum Gasteiger partial charge on any atom is -0.350 e. The molecule has 1 aliphatic carbocycles. The summed E-state index contributed by atoms with van der Waals surface area (Å²) in [5.41, 5.74) is 2.25. The highest BCUT2D eigenvalue weighted by Crippen LogP contribution is 2.23. The van der Waals surface area contributed by atoms with Gasteiger partial charge < -0.3 is 5.32 Å². The minimum atomic E-state index is 0.206. The van der Waals surface area contributed by atoms with Gasteiger partial charge in [-0.1, -0.05) is 49.6 Å². The molecule has 0 spiro atoms. The summed E-state index contributed by atoms with van der Waals surface area (Å²) in [7, 11) is 0. The number of hydrogen-bond donors (Lipinski definition) is 1. The predicted molar refractivity (Wildman–Crippen MR) is 89.8 cm³/mol. The van der Waals surface area contributed by atoms with Crippen molar-refractivity contribution >= 4 is 17.2 Å². The van der Waals surface area contributed by atoms with Crippen molar-refractivity contribution in [2.75, 3.05) is 0 Å². The summed E-state index contributed by atoms with van der Waals surface area (Å²) in [5.74, 6) is 0.425. The third-order valence-corrected chi connectivity index (χ3v) is 5.11. The quantitative estimate of drug-likeness (QED) is 0.908. The van der Waals surface area contributed by atoms with E-state index in [-0.39, 0.29) is 11.8 Å². The lowest BCUT2D eigenvalue weighted by Gasteiger charge is -2.20. The van der Waals surface area contributed by atoms with Gasteiger partial charge in [-0.25, -0.2) is 4.98 Å². The number of hydrogen-bond acceptors (Lipinski definition) is 3. The fourth-order valence-electron chi connectivity index (χ4n) is 2.97. The van der Waals surface area contributed by atoms with Crippen LogP contribution in [0.3, 0.4) is 0 Å². The Hall–Kier alpha value is -1.68. The van der Waals surface area contributed by atoms with Gasteiger partial charge in [0, 0.05) is 17.7 Å². The third kappa shape index (κ3) is 4.17. The van der Waals surface area contributed by atoms with E-state index in [1.807, 2.05) is 18.2 Å². The van der Waals surface area contributed by atoms with Crippen molar-refractivity contribution in [3.63, 3.8) is 0 Å². The number of carbonyl (C=O) groups is 1. The van der Waals surface area contributed by atoms with E-state index >= 15 is 0 Å². The van der Waals surface area contributed by atoms with Gasteiger partial charge in [-0.15, -0.1) is 11.3 Å². The van der Waals surface area contributed by atoms with Crippen molar-refractivity contribution in [3.8, 4) is 0 Å². The molecule has 0 saturated heterocycles. The first-order valence-corrected chi connectivity index (χ1v) is 8.94. The van der Waals surface area contributed by atoms with Crippen LogP contribution < -0.4 is 5.32 Å². The molecule has 1 aromatic carbocycles. The van der Waals surface area contributed by atoms with E-state index in [1.54, 1.807) is 11.3 Å². The zero-order valence-electron chi connectivity index (χ0n) is 12.8. The maximum atomic E-state index is 12.1. The lowest BCUT2D eigenvalue weighted by atomic mass is 9.89. The molecule has 1 aliphatic rings. The Morgan fingerprint density at radius 2 is 1.95 bits per heavy atom. The standard InChI is InChI=1S/C18H22N2OS/c21-18(15-9-5-2-6-10-15)19-12-16-13-22-17(20-16)11-14-7-3-1-4-8-14/h1,3-4,7-8,13,15H,2,5-6,9-12H2,(H,19,21). The summed E-state index contributed by atoms with van der Waals surface area (Å²) in [6.45, 7) is 0.556. The first-order chi connectivity index (χ1) is 10.8. The maximum absolute atomic E-state index is 12.1. The number of rotatable bonds is 5. The SMILES string of the molecule is O=C(NCc1csc(Cc2ccccc2)n1)C1CCCCC1. The summed E-state index contributed by atoms with van der Waals surface area (Å²) < 4.78 is 0. The second-order valence-electron chi connectivity index (χ2n) is 5.95. The summed E-state index contributed by atoms with van der Waals surface area (Å²) in [4.78, 5) is 16.8. The molecule has 3 nitrogen and oxygen atoms in total. The Morgan fingerprint density at radius 1 is 1.18 bits per heavy atom. The van der Waals surface area contributed by atoms with Crippen molar-refractivity contribution in [1.82, 2.24) is 10.3 Å². The Morgan fingerprint density at radius 3 is 2.73 bits per heavy atom. The van der Waals surface area contributed by atoms with E-state index < -0.39 is 0 Å². The number of carbonyl (C=O) groups excluding carboxylic acids is 1. The smallest absolute Gasteiger partial charge is 0.223 e. The highest BCUT2D eigenvalue weighted by atomic mass is 32.1. The van der Waals surface area contributed by atoms with Crippen LogP contribution in [0.2, 0.25) is 0 Å². The fourth-order valence-corrected chi connectivity index (χ4v) is 3.80. The Labute approximate surface area is 135 Å². The molecule has 0 bridgehead atoms. The molecule has 0 aliphatic heterocycles. The molecule has 116 valence electrons. The van der Waals surface area contributed by atoms with E-state index in [0.717, 1.165) is 30.0 Å². The van der Waals surface area contributed by atoms with Crippen LogP contribution in [0, 0.1) is 5.92 Å². The molecule has 3 rings (SSSR count). The van der Waals surface area contributed by atoms with E-state index in [0.29, 0.717) is 6.54 Å². The summed E-state index contributed by atoms with van der Waals surface area (Å²) >= 11 is 1.67. The molecule has 4 heteroatoms. The van der Waals surface area contributed by atoms with Crippen LogP contribution >= 0.6 is 11.3 Å². The molecule has 0 unspecified atom stereocenters. The Bertz CT molecular complexity index is 603. The summed E-state index contributed by atoms with van der Waals surface area (Å²) in [6.07, 6.45) is 6.61. The highest BCUT2D eigenvalue weighted by molar-refractivity contribution is 7.09. The number of aromatic nitrogens is 1. The zero-order chi connectivity index (χ0) is 15.2. The lowest BCUT2D eigenvalue weighted by molar-refractivity contribution is -0.126. The van der Waals surface area contributed by atoms with Crippen LogP contribution in [0.5, 0.6) is 0 Å². The van der Waals surface area contributed by atoms with Crippen LogP contribution in [0.4, 0.5) is 0 Å². The molecule has 1 amide bonds. The second kappa shape index (κ2) is 7.54. The topological polar surface area (TPSA) is 42.0 Å². The van der Waals surface area contributed by atoms with Crippen LogP contribution in [-0.2, 0) is 17.8 Å². The van der Waals surface area contributed by atoms with Gasteiger partial charge in [0.25, 0.3) is 0 Å². The predicted octanol–water partition coefficient (Wildman–Crippen LogP) is 3.93. The molecule has 0 radical (unpaired) electrons. The molecule has 0 atom stereocenters. The van der Waals surface area contributed by atoms with E-state index in [2.05, 4.69) is 27.8 Å². The van der Waals surface area contributed by atoms with E-state index in [4.69, 9.17) is 0 Å². The van der Waals surface area contributed by atoms with Crippen molar-refractivity contribution in [3.05, 3.63) is 52.0 Å². The van der Waals surface area contributed by atoms with Crippen molar-refractivity contribution in [1.29, 1.82) is 0 Å². The van der Waals surface area contributed by atoms with Gasteiger partial charge in [0.05, 0.1) is 17.2 Å². The Balaban J connectivity index is 1.50. The molecule has 1 heterocycles. The average Bonchev–Trinajstić information content (AvgIpc) is 3.02. The van der Waals surface area contributed by atoms with Crippen molar-refractivity contribution < 1.29 is 4.79 Å². The zero-order valence-corrected chi connectivity index (χ0v) is 13.6. The van der Waals surface area contributed by atoms with Gasteiger partial charge in [-0.3, -0.25) is 4.79 Å². The number of nitrogens with zero attached hydrogens (tertiary/aromatic N) is 1. The molecule has 1 fully saturated rings. The summed E-state index contributed by atoms with van der Waals surface area (Å²) in [5, 5.41) is 6.21. The minimum absolute atomic E-state index is 0.206. The number of nitrogens with one attached hydrogen (secondary N) is 1. The number of benzene rings is 1. The molecule has 1 aromatic heterocycles. The van der Waals surface area contributed by atoms with E-state index in [9.17, 15) is 4.79 Å². The lowest BCUT2D eigenvalue weighted by Crippen LogP contribution is -2.31. The normalized spacial score (nSPS) is 15.6. The Kier molecular flexibility index (Phi) is 5.22. The van der Waals surface area contributed by atoms with Crippen molar-refractivity contribution in [2.24, 2.45) is 5.92 Å². The molecule has 1 N–H and O–H groups in total.